The molecule has 0 aliphatic heterocycles. The van der Waals surface area contributed by atoms with Gasteiger partial charge >= 0.3 is 0 Å². The van der Waals surface area contributed by atoms with E-state index in [9.17, 15) is 9.59 Å². The molecule has 1 saturated carbocycles. The molecule has 9 heteroatoms. The number of aromatic nitrogens is 4. The molecule has 7 nitrogen and oxygen atoms in total. The third-order valence-corrected chi connectivity index (χ3v) is 7.75. The highest BCUT2D eigenvalue weighted by Crippen LogP contribution is 2.26. The summed E-state index contributed by atoms with van der Waals surface area (Å²) in [5.41, 5.74) is 2.18. The Morgan fingerprint density at radius 2 is 1.89 bits per heavy atom. The van der Waals surface area contributed by atoms with Crippen molar-refractivity contribution < 1.29 is 4.79 Å². The highest BCUT2D eigenvalue weighted by molar-refractivity contribution is 7.98. The summed E-state index contributed by atoms with van der Waals surface area (Å²) in [6.07, 6.45) is 6.35. The van der Waals surface area contributed by atoms with Crippen LogP contribution in [0.15, 0.2) is 52.4 Å². The number of fused-ring (bicyclic) bond motifs is 3. The largest absolute Gasteiger partial charge is 0.349 e. The van der Waals surface area contributed by atoms with Crippen LogP contribution in [0.5, 0.6) is 0 Å². The van der Waals surface area contributed by atoms with Crippen LogP contribution in [0.25, 0.3) is 16.7 Å². The monoisotopic (exact) mass is 509 g/mol. The average molecular weight is 510 g/mol. The normalized spacial score (nSPS) is 14.6. The molecule has 2 aromatic heterocycles. The number of nitrogens with zero attached hydrogens (tertiary/aromatic N) is 4. The van der Waals surface area contributed by atoms with E-state index in [0.717, 1.165) is 37.7 Å². The zero-order chi connectivity index (χ0) is 24.4. The van der Waals surface area contributed by atoms with E-state index < -0.39 is 0 Å². The lowest BCUT2D eigenvalue weighted by Crippen LogP contribution is -2.36. The van der Waals surface area contributed by atoms with Gasteiger partial charge in [0, 0.05) is 28.9 Å². The molecule has 0 radical (unpaired) electrons. The van der Waals surface area contributed by atoms with Crippen molar-refractivity contribution in [2.24, 2.45) is 0 Å². The van der Waals surface area contributed by atoms with Gasteiger partial charge in [0.1, 0.15) is 0 Å². The number of benzene rings is 2. The molecule has 0 bridgehead atoms. The minimum atomic E-state index is -0.116. The van der Waals surface area contributed by atoms with Crippen molar-refractivity contribution in [3.8, 4) is 0 Å². The van der Waals surface area contributed by atoms with E-state index >= 15 is 0 Å². The summed E-state index contributed by atoms with van der Waals surface area (Å²) in [4.78, 5) is 26.4. The summed E-state index contributed by atoms with van der Waals surface area (Å²) in [6, 6.07) is 13.2. The number of amides is 1. The molecule has 1 amide bonds. The fourth-order valence-electron chi connectivity index (χ4n) is 4.69. The molecule has 1 aliphatic rings. The second-order valence-electron chi connectivity index (χ2n) is 9.03. The zero-order valence-corrected chi connectivity index (χ0v) is 21.2. The number of hydrogen-bond acceptors (Lipinski definition) is 5. The second-order valence-corrected chi connectivity index (χ2v) is 10.4. The van der Waals surface area contributed by atoms with E-state index in [1.165, 1.54) is 18.2 Å². The van der Waals surface area contributed by atoms with Crippen LogP contribution in [-0.4, -0.2) is 31.1 Å². The summed E-state index contributed by atoms with van der Waals surface area (Å²) in [5.74, 6) is 1.06. The van der Waals surface area contributed by atoms with E-state index in [-0.39, 0.29) is 17.5 Å². The molecule has 0 spiro atoms. The van der Waals surface area contributed by atoms with Gasteiger partial charge in [-0.2, -0.15) is 0 Å². The quantitative estimate of drug-likeness (QED) is 0.334. The van der Waals surface area contributed by atoms with Crippen molar-refractivity contribution in [2.75, 3.05) is 0 Å². The molecule has 35 heavy (non-hydrogen) atoms. The molecule has 0 atom stereocenters. The summed E-state index contributed by atoms with van der Waals surface area (Å²) in [6.45, 7) is 2.57. The van der Waals surface area contributed by atoms with Gasteiger partial charge in [-0.05, 0) is 55.2 Å². The number of nitrogens with one attached hydrogen (secondary N) is 1. The first-order chi connectivity index (χ1) is 17.0. The smallest absolute Gasteiger partial charge is 0.262 e. The van der Waals surface area contributed by atoms with Crippen LogP contribution in [0.4, 0.5) is 0 Å². The van der Waals surface area contributed by atoms with E-state index in [4.69, 9.17) is 11.6 Å². The molecular weight excluding hydrogens is 482 g/mol. The zero-order valence-electron chi connectivity index (χ0n) is 19.7. The number of aryl methyl sites for hydroxylation is 1. The highest BCUT2D eigenvalue weighted by Gasteiger charge is 2.20. The highest BCUT2D eigenvalue weighted by atomic mass is 35.5. The fourth-order valence-corrected chi connectivity index (χ4v) is 5.71. The molecule has 2 heterocycles. The Morgan fingerprint density at radius 1 is 1.11 bits per heavy atom. The topological polar surface area (TPSA) is 81.3 Å². The molecule has 0 saturated heterocycles. The van der Waals surface area contributed by atoms with Crippen molar-refractivity contribution in [1.82, 2.24) is 24.5 Å². The van der Waals surface area contributed by atoms with Crippen LogP contribution in [0, 0.1) is 0 Å². The Balaban J connectivity index is 1.56. The Morgan fingerprint density at radius 3 is 2.63 bits per heavy atom. The Hall–Kier alpha value is -2.84. The number of thioether (sulfide) groups is 1. The maximum atomic E-state index is 13.3. The number of carbonyl (C=O) groups is 1. The van der Waals surface area contributed by atoms with Crippen LogP contribution in [0.3, 0.4) is 0 Å². The van der Waals surface area contributed by atoms with Crippen LogP contribution in [-0.2, 0) is 12.3 Å². The minimum Gasteiger partial charge on any atom is -0.349 e. The maximum absolute atomic E-state index is 13.3. The third kappa shape index (κ3) is 4.95. The summed E-state index contributed by atoms with van der Waals surface area (Å²) < 4.78 is 3.58. The van der Waals surface area contributed by atoms with Gasteiger partial charge in [0.05, 0.1) is 10.9 Å². The molecule has 5 rings (SSSR count). The van der Waals surface area contributed by atoms with Crippen LogP contribution in [0.1, 0.15) is 61.4 Å². The number of halogens is 1. The number of carbonyl (C=O) groups excluding carboxylic acids is 1. The predicted octanol–water partition coefficient (Wildman–Crippen LogP) is 5.46. The molecule has 1 fully saturated rings. The van der Waals surface area contributed by atoms with Gasteiger partial charge in [0.2, 0.25) is 5.78 Å². The first kappa shape index (κ1) is 23.9. The van der Waals surface area contributed by atoms with Gasteiger partial charge in [-0.3, -0.25) is 18.6 Å². The summed E-state index contributed by atoms with van der Waals surface area (Å²) >= 11 is 7.56. The molecule has 2 aromatic carbocycles. The summed E-state index contributed by atoms with van der Waals surface area (Å²) in [7, 11) is 0. The van der Waals surface area contributed by atoms with E-state index in [1.807, 2.05) is 35.6 Å². The number of rotatable bonds is 7. The van der Waals surface area contributed by atoms with Gasteiger partial charge in [-0.1, -0.05) is 61.7 Å². The van der Waals surface area contributed by atoms with E-state index in [1.54, 1.807) is 22.8 Å². The van der Waals surface area contributed by atoms with Gasteiger partial charge < -0.3 is 5.32 Å². The fraction of sp³-hybridized carbons (Fsp3) is 0.385. The molecule has 4 aromatic rings. The molecule has 0 unspecified atom stereocenters. The lowest BCUT2D eigenvalue weighted by Gasteiger charge is -2.22. The summed E-state index contributed by atoms with van der Waals surface area (Å²) in [5, 5.41) is 13.9. The standard InChI is InChI=1S/C26H28ClN5O2S/c1-2-14-31-24(34)21-13-10-18(23(33)28-20-6-4-3-5-7-20)15-22(21)32-25(31)29-30-26(32)35-16-17-8-11-19(27)12-9-17/h8-13,15,20H,2-7,14,16H2,1H3,(H,28,33). The van der Waals surface area contributed by atoms with Crippen LogP contribution in [0.2, 0.25) is 5.02 Å². The lowest BCUT2D eigenvalue weighted by molar-refractivity contribution is 0.0928. The number of hydrogen-bond donors (Lipinski definition) is 1. The minimum absolute atomic E-state index is 0.104. The van der Waals surface area contributed by atoms with E-state index in [0.29, 0.717) is 44.7 Å². The lowest BCUT2D eigenvalue weighted by atomic mass is 9.95. The Kier molecular flexibility index (Phi) is 7.11. The van der Waals surface area contributed by atoms with Crippen molar-refractivity contribution in [3.05, 3.63) is 69.0 Å². The predicted molar refractivity (Wildman–Crippen MR) is 140 cm³/mol. The van der Waals surface area contributed by atoms with Crippen LogP contribution >= 0.6 is 23.4 Å². The molecule has 1 N–H and O–H groups in total. The van der Waals surface area contributed by atoms with Gasteiger partial charge in [-0.25, -0.2) is 0 Å². The van der Waals surface area contributed by atoms with Crippen molar-refractivity contribution in [2.45, 2.75) is 68.9 Å². The third-order valence-electron chi connectivity index (χ3n) is 6.50. The van der Waals surface area contributed by atoms with Crippen molar-refractivity contribution in [1.29, 1.82) is 0 Å². The second kappa shape index (κ2) is 10.4. The first-order valence-electron chi connectivity index (χ1n) is 12.1. The average Bonchev–Trinajstić information content (AvgIpc) is 3.30. The van der Waals surface area contributed by atoms with E-state index in [2.05, 4.69) is 15.5 Å². The molecular formula is C26H28ClN5O2S. The first-order valence-corrected chi connectivity index (χ1v) is 13.5. The SMILES string of the molecule is CCCn1c(=O)c2ccc(C(=O)NC3CCCCC3)cc2n2c(SCc3ccc(Cl)cc3)nnc12. The maximum Gasteiger partial charge on any atom is 0.262 e. The molecule has 182 valence electrons. The van der Waals surface area contributed by atoms with Crippen molar-refractivity contribution >= 4 is 46.0 Å². The molecule has 1 aliphatic carbocycles. The van der Waals surface area contributed by atoms with Gasteiger partial charge in [0.15, 0.2) is 5.16 Å². The van der Waals surface area contributed by atoms with Gasteiger partial charge in [-0.15, -0.1) is 10.2 Å². The van der Waals surface area contributed by atoms with Crippen molar-refractivity contribution in [3.63, 3.8) is 0 Å². The Bertz CT molecular complexity index is 1420. The Labute approximate surface area is 212 Å². The van der Waals surface area contributed by atoms with Crippen LogP contribution < -0.4 is 10.9 Å². The van der Waals surface area contributed by atoms with Gasteiger partial charge in [0.25, 0.3) is 11.5 Å².